The molecule has 0 radical (unpaired) electrons. The zero-order valence-corrected chi connectivity index (χ0v) is 20.8. The van der Waals surface area contributed by atoms with Gasteiger partial charge in [-0.2, -0.15) is 0 Å². The van der Waals surface area contributed by atoms with Crippen molar-refractivity contribution in [1.82, 2.24) is 5.32 Å². The molecule has 182 valence electrons. The van der Waals surface area contributed by atoms with Crippen LogP contribution in [0.1, 0.15) is 40.0 Å². The molecule has 4 aromatic carbocycles. The average Bonchev–Trinajstić information content (AvgIpc) is 2.84. The van der Waals surface area contributed by atoms with Crippen LogP contribution in [0.4, 0.5) is 4.39 Å². The summed E-state index contributed by atoms with van der Waals surface area (Å²) >= 11 is 0. The lowest BCUT2D eigenvalue weighted by Gasteiger charge is -2.18. The van der Waals surface area contributed by atoms with E-state index in [0.29, 0.717) is 12.1 Å². The summed E-state index contributed by atoms with van der Waals surface area (Å²) in [4.78, 5) is 11.7. The van der Waals surface area contributed by atoms with E-state index in [1.807, 2.05) is 31.2 Å². The van der Waals surface area contributed by atoms with Crippen LogP contribution in [0.15, 0.2) is 72.8 Å². The van der Waals surface area contributed by atoms with Gasteiger partial charge in [0.25, 0.3) is 0 Å². The van der Waals surface area contributed by atoms with Crippen LogP contribution in [0, 0.1) is 12.7 Å². The summed E-state index contributed by atoms with van der Waals surface area (Å²) in [5.41, 5.74) is 5.05. The molecule has 0 aromatic heterocycles. The molecule has 6 heteroatoms. The number of fused-ring (bicyclic) bond motifs is 1. The summed E-state index contributed by atoms with van der Waals surface area (Å²) in [5.74, 6) is -1.03. The van der Waals surface area contributed by atoms with E-state index in [9.17, 15) is 14.3 Å². The van der Waals surface area contributed by atoms with Gasteiger partial charge in [0.2, 0.25) is 0 Å². The summed E-state index contributed by atoms with van der Waals surface area (Å²) < 4.78 is 18.7. The normalized spacial score (nSPS) is 11.7. The van der Waals surface area contributed by atoms with Crippen LogP contribution in [0.25, 0.3) is 21.9 Å². The fourth-order valence-electron chi connectivity index (χ4n) is 4.25. The summed E-state index contributed by atoms with van der Waals surface area (Å²) in [6.45, 7) is 4.63. The van der Waals surface area contributed by atoms with Crippen LogP contribution in [0.5, 0.6) is 5.75 Å². The Labute approximate surface area is 211 Å². The van der Waals surface area contributed by atoms with E-state index < -0.39 is 5.97 Å². The van der Waals surface area contributed by atoms with E-state index in [1.54, 1.807) is 18.2 Å². The Morgan fingerprint density at radius 3 is 2.57 bits per heavy atom. The average molecular weight is 494 g/mol. The summed E-state index contributed by atoms with van der Waals surface area (Å²) in [7, 11) is 1.47. The number of carboxylic acid groups (broad SMARTS) is 1. The van der Waals surface area contributed by atoms with Gasteiger partial charge < -0.3 is 15.2 Å². The Bertz CT molecular complexity index is 1360. The highest BCUT2D eigenvalue weighted by atomic mass is 35.5. The van der Waals surface area contributed by atoms with Gasteiger partial charge >= 0.3 is 5.97 Å². The van der Waals surface area contributed by atoms with Crippen molar-refractivity contribution in [3.63, 3.8) is 0 Å². The molecule has 0 fully saturated rings. The SMILES string of the molecule is COc1cc(CCNC(C)c2cc(-c3ccc(C)c(C(=O)O)c3)c3ccccc3c2)ccc1F.Cl. The number of aromatic carboxylic acids is 1. The number of benzene rings is 4. The van der Waals surface area contributed by atoms with Gasteiger partial charge in [-0.15, -0.1) is 12.4 Å². The maximum Gasteiger partial charge on any atom is 0.335 e. The molecule has 0 aliphatic carbocycles. The molecule has 2 N–H and O–H groups in total. The first-order valence-corrected chi connectivity index (χ1v) is 11.3. The number of halogens is 2. The molecule has 0 saturated heterocycles. The zero-order chi connectivity index (χ0) is 24.2. The molecule has 1 unspecified atom stereocenters. The molecule has 1 atom stereocenters. The molecule has 0 spiro atoms. The Kier molecular flexibility index (Phi) is 8.49. The van der Waals surface area contributed by atoms with Crippen molar-refractivity contribution in [3.8, 4) is 16.9 Å². The van der Waals surface area contributed by atoms with E-state index in [-0.39, 0.29) is 30.0 Å². The van der Waals surface area contributed by atoms with Crippen LogP contribution in [-0.4, -0.2) is 24.7 Å². The maximum absolute atomic E-state index is 13.7. The zero-order valence-electron chi connectivity index (χ0n) is 20.0. The highest BCUT2D eigenvalue weighted by Gasteiger charge is 2.14. The van der Waals surface area contributed by atoms with E-state index in [4.69, 9.17) is 4.74 Å². The third-order valence-corrected chi connectivity index (χ3v) is 6.24. The topological polar surface area (TPSA) is 58.6 Å². The Morgan fingerprint density at radius 2 is 1.83 bits per heavy atom. The standard InChI is InChI=1S/C29H28FNO3.ClH/c1-18-8-10-22(16-25(18)29(32)33)26-17-23(15-21-6-4-5-7-24(21)26)19(2)31-13-12-20-9-11-27(30)28(14-20)34-3;/h4-11,14-17,19,31H,12-13H2,1-3H3,(H,32,33);1H. The van der Waals surface area contributed by atoms with Gasteiger partial charge in [0.1, 0.15) is 0 Å². The molecular formula is C29H29ClFNO3. The molecule has 0 bridgehead atoms. The van der Waals surface area contributed by atoms with Crippen molar-refractivity contribution >= 4 is 29.1 Å². The molecule has 0 heterocycles. The van der Waals surface area contributed by atoms with Crippen molar-refractivity contribution in [2.24, 2.45) is 0 Å². The largest absolute Gasteiger partial charge is 0.494 e. The van der Waals surface area contributed by atoms with Crippen LogP contribution in [0.3, 0.4) is 0 Å². The van der Waals surface area contributed by atoms with Gasteiger partial charge in [-0.05, 0) is 95.7 Å². The monoisotopic (exact) mass is 493 g/mol. The van der Waals surface area contributed by atoms with Gasteiger partial charge in [-0.25, -0.2) is 9.18 Å². The first-order valence-electron chi connectivity index (χ1n) is 11.3. The second-order valence-electron chi connectivity index (χ2n) is 8.52. The third kappa shape index (κ3) is 5.81. The predicted octanol–water partition coefficient (Wildman–Crippen LogP) is 6.98. The minimum atomic E-state index is -0.924. The molecule has 0 saturated carbocycles. The van der Waals surface area contributed by atoms with Crippen LogP contribution in [-0.2, 0) is 6.42 Å². The van der Waals surface area contributed by atoms with Gasteiger partial charge in [0, 0.05) is 6.04 Å². The lowest BCUT2D eigenvalue weighted by atomic mass is 9.92. The predicted molar refractivity (Wildman–Crippen MR) is 141 cm³/mol. The number of hydrogen-bond acceptors (Lipinski definition) is 3. The Morgan fingerprint density at radius 1 is 1.06 bits per heavy atom. The van der Waals surface area contributed by atoms with Crippen molar-refractivity contribution < 1.29 is 19.0 Å². The second kappa shape index (κ2) is 11.3. The minimum absolute atomic E-state index is 0. The van der Waals surface area contributed by atoms with Gasteiger partial charge in [-0.3, -0.25) is 0 Å². The molecular weight excluding hydrogens is 465 g/mol. The molecule has 4 nitrogen and oxygen atoms in total. The number of rotatable bonds is 8. The maximum atomic E-state index is 13.7. The molecule has 4 rings (SSSR count). The summed E-state index contributed by atoms with van der Waals surface area (Å²) in [6.07, 6.45) is 0.737. The van der Waals surface area contributed by atoms with Crippen LogP contribution in [0.2, 0.25) is 0 Å². The fourth-order valence-corrected chi connectivity index (χ4v) is 4.25. The van der Waals surface area contributed by atoms with Crippen molar-refractivity contribution in [3.05, 3.63) is 101 Å². The molecule has 0 amide bonds. The van der Waals surface area contributed by atoms with Crippen molar-refractivity contribution in [1.29, 1.82) is 0 Å². The summed E-state index contributed by atoms with van der Waals surface area (Å²) in [5, 5.41) is 15.3. The van der Waals surface area contributed by atoms with E-state index in [2.05, 4.69) is 36.5 Å². The number of carbonyl (C=O) groups is 1. The molecule has 0 aliphatic rings. The van der Waals surface area contributed by atoms with E-state index in [0.717, 1.165) is 45.0 Å². The Balaban J connectivity index is 0.00000342. The lowest BCUT2D eigenvalue weighted by Crippen LogP contribution is -2.21. The van der Waals surface area contributed by atoms with E-state index >= 15 is 0 Å². The van der Waals surface area contributed by atoms with Gasteiger partial charge in [0.05, 0.1) is 12.7 Å². The smallest absolute Gasteiger partial charge is 0.335 e. The first-order chi connectivity index (χ1) is 16.4. The Hall–Kier alpha value is -3.41. The summed E-state index contributed by atoms with van der Waals surface area (Å²) in [6, 6.07) is 23.0. The third-order valence-electron chi connectivity index (χ3n) is 6.24. The van der Waals surface area contributed by atoms with Crippen LogP contribution < -0.4 is 10.1 Å². The van der Waals surface area contributed by atoms with Crippen molar-refractivity contribution in [2.75, 3.05) is 13.7 Å². The van der Waals surface area contributed by atoms with Crippen LogP contribution >= 0.6 is 12.4 Å². The molecule has 0 aliphatic heterocycles. The number of methoxy groups -OCH3 is 1. The number of ether oxygens (including phenoxy) is 1. The fraction of sp³-hybridized carbons (Fsp3) is 0.207. The highest BCUT2D eigenvalue weighted by molar-refractivity contribution is 5.99. The number of aryl methyl sites for hydroxylation is 1. The number of carboxylic acids is 1. The minimum Gasteiger partial charge on any atom is -0.494 e. The second-order valence-corrected chi connectivity index (χ2v) is 8.52. The van der Waals surface area contributed by atoms with Gasteiger partial charge in [-0.1, -0.05) is 42.5 Å². The van der Waals surface area contributed by atoms with E-state index in [1.165, 1.54) is 13.2 Å². The van der Waals surface area contributed by atoms with Crippen molar-refractivity contribution in [2.45, 2.75) is 26.3 Å². The first kappa shape index (κ1) is 26.2. The number of hydrogen-bond donors (Lipinski definition) is 2. The molecule has 35 heavy (non-hydrogen) atoms. The quantitative estimate of drug-likeness (QED) is 0.278. The lowest BCUT2D eigenvalue weighted by molar-refractivity contribution is 0.0696. The molecule has 4 aromatic rings. The highest BCUT2D eigenvalue weighted by Crippen LogP contribution is 2.33. The number of nitrogens with one attached hydrogen (secondary N) is 1. The van der Waals surface area contributed by atoms with Gasteiger partial charge in [0.15, 0.2) is 11.6 Å².